The van der Waals surface area contributed by atoms with Crippen LogP contribution in [0.2, 0.25) is 23.2 Å². The zero-order valence-electron chi connectivity index (χ0n) is 24.3. The van der Waals surface area contributed by atoms with Crippen molar-refractivity contribution in [3.05, 3.63) is 58.1 Å². The first-order chi connectivity index (χ1) is 18.8. The van der Waals surface area contributed by atoms with E-state index in [2.05, 4.69) is 50.9 Å². The highest BCUT2D eigenvalue weighted by Crippen LogP contribution is 2.47. The Morgan fingerprint density at radius 3 is 2.67 bits per heavy atom. The monoisotopic (exact) mass is 583 g/mol. The number of carbonyl (C=O) groups is 2. The molecular formula is C32H42ClNO5Si. The zero-order valence-corrected chi connectivity index (χ0v) is 26.1. The van der Waals surface area contributed by atoms with Crippen LogP contribution in [-0.4, -0.2) is 51.5 Å². The number of benzene rings is 2. The fraction of sp³-hybridized carbons (Fsp3) is 0.562. The Hall–Kier alpha value is -2.35. The predicted molar refractivity (Wildman–Crippen MR) is 162 cm³/mol. The lowest BCUT2D eigenvalue weighted by Gasteiger charge is -2.47. The lowest BCUT2D eigenvalue weighted by molar-refractivity contribution is -0.119. The maximum absolute atomic E-state index is 12.3. The highest BCUT2D eigenvalue weighted by Gasteiger charge is 2.47. The number of fused-ring (bicyclic) bond motifs is 3. The number of carboxylic acids is 1. The largest absolute Gasteiger partial charge is 0.490 e. The Morgan fingerprint density at radius 2 is 2.02 bits per heavy atom. The van der Waals surface area contributed by atoms with E-state index in [1.165, 1.54) is 11.1 Å². The van der Waals surface area contributed by atoms with Crippen molar-refractivity contribution in [1.29, 1.82) is 0 Å². The molecule has 216 valence electrons. The molecule has 1 fully saturated rings. The van der Waals surface area contributed by atoms with Crippen LogP contribution in [0.3, 0.4) is 0 Å². The van der Waals surface area contributed by atoms with Crippen molar-refractivity contribution in [2.45, 2.75) is 82.5 Å². The number of hydrogen-bond acceptors (Lipinski definition) is 5. The average molecular weight is 584 g/mol. The van der Waals surface area contributed by atoms with Crippen LogP contribution in [-0.2, 0) is 21.1 Å². The first-order valence-electron chi connectivity index (χ1n) is 14.5. The van der Waals surface area contributed by atoms with Gasteiger partial charge in [0.1, 0.15) is 18.1 Å². The number of hydrogen-bond donors (Lipinski definition) is 1. The van der Waals surface area contributed by atoms with Gasteiger partial charge in [-0.1, -0.05) is 38.4 Å². The topological polar surface area (TPSA) is 76.1 Å². The third-order valence-corrected chi connectivity index (χ3v) is 14.7. The van der Waals surface area contributed by atoms with Gasteiger partial charge in [-0.05, 0) is 104 Å². The van der Waals surface area contributed by atoms with Gasteiger partial charge in [-0.2, -0.15) is 0 Å². The number of nitrogens with zero attached hydrogens (tertiary/aromatic N) is 1. The maximum Gasteiger partial charge on any atom is 0.335 e. The molecule has 0 radical (unpaired) electrons. The summed E-state index contributed by atoms with van der Waals surface area (Å²) in [6, 6.07) is 11.4. The van der Waals surface area contributed by atoms with Crippen molar-refractivity contribution in [2.24, 2.45) is 11.8 Å². The molecule has 1 N–H and O–H groups in total. The fourth-order valence-corrected chi connectivity index (χ4v) is 7.98. The number of ether oxygens (including phenoxy) is 1. The second-order valence-electron chi connectivity index (χ2n) is 13.6. The minimum absolute atomic E-state index is 0.0193. The van der Waals surface area contributed by atoms with Gasteiger partial charge >= 0.3 is 5.97 Å². The summed E-state index contributed by atoms with van der Waals surface area (Å²) in [4.78, 5) is 26.6. The van der Waals surface area contributed by atoms with Crippen molar-refractivity contribution in [1.82, 2.24) is 0 Å². The van der Waals surface area contributed by atoms with E-state index in [1.54, 1.807) is 18.2 Å². The molecule has 0 saturated heterocycles. The molecule has 2 aromatic rings. The molecule has 0 aromatic heterocycles. The number of halogens is 1. The van der Waals surface area contributed by atoms with Crippen molar-refractivity contribution < 1.29 is 23.9 Å². The molecule has 2 unspecified atom stereocenters. The molecule has 1 heterocycles. The van der Waals surface area contributed by atoms with Crippen LogP contribution >= 0.6 is 11.6 Å². The van der Waals surface area contributed by atoms with Gasteiger partial charge in [0.2, 0.25) is 0 Å². The maximum atomic E-state index is 12.3. The number of carboxylic acid groups (broad SMARTS) is 1. The number of aromatic carboxylic acids is 1. The second-order valence-corrected chi connectivity index (χ2v) is 18.8. The molecule has 8 heteroatoms. The fourth-order valence-electron chi connectivity index (χ4n) is 6.52. The molecule has 0 bridgehead atoms. The predicted octanol–water partition coefficient (Wildman–Crippen LogP) is 7.13. The Labute approximate surface area is 244 Å². The van der Waals surface area contributed by atoms with Crippen LogP contribution in [0.5, 0.6) is 5.75 Å². The Kier molecular flexibility index (Phi) is 7.87. The summed E-state index contributed by atoms with van der Waals surface area (Å²) in [5.74, 6) is 0.174. The lowest BCUT2D eigenvalue weighted by Crippen LogP contribution is -2.52. The molecule has 1 spiro atoms. The molecule has 3 aliphatic rings. The van der Waals surface area contributed by atoms with Gasteiger partial charge in [0.25, 0.3) is 0 Å². The highest BCUT2D eigenvalue weighted by atomic mass is 35.5. The summed E-state index contributed by atoms with van der Waals surface area (Å²) in [5, 5.41) is 10.5. The molecule has 5 rings (SSSR count). The van der Waals surface area contributed by atoms with E-state index in [1.807, 2.05) is 6.07 Å². The van der Waals surface area contributed by atoms with Crippen LogP contribution in [0.15, 0.2) is 36.4 Å². The van der Waals surface area contributed by atoms with E-state index in [-0.39, 0.29) is 27.9 Å². The summed E-state index contributed by atoms with van der Waals surface area (Å²) in [5.41, 5.74) is 3.37. The van der Waals surface area contributed by atoms with Crippen molar-refractivity contribution in [3.63, 3.8) is 0 Å². The summed E-state index contributed by atoms with van der Waals surface area (Å²) < 4.78 is 13.1. The third kappa shape index (κ3) is 5.45. The van der Waals surface area contributed by atoms with Gasteiger partial charge in [0.05, 0.1) is 17.9 Å². The van der Waals surface area contributed by atoms with E-state index >= 15 is 0 Å². The number of anilines is 1. The van der Waals surface area contributed by atoms with Gasteiger partial charge in [-0.15, -0.1) is 0 Å². The molecule has 2 aliphatic carbocycles. The number of aldehydes is 1. The molecule has 2 aromatic carbocycles. The van der Waals surface area contributed by atoms with Gasteiger partial charge < -0.3 is 24.0 Å². The Balaban J connectivity index is 1.48. The molecular weight excluding hydrogens is 542 g/mol. The molecule has 4 atom stereocenters. The van der Waals surface area contributed by atoms with Gasteiger partial charge in [-0.3, -0.25) is 0 Å². The van der Waals surface area contributed by atoms with E-state index in [4.69, 9.17) is 20.8 Å². The number of aryl methyl sites for hydroxylation is 1. The molecule has 6 nitrogen and oxygen atoms in total. The quantitative estimate of drug-likeness (QED) is 0.276. The van der Waals surface area contributed by atoms with Crippen molar-refractivity contribution in [2.75, 3.05) is 24.6 Å². The SMILES string of the molecule is CC(C)(C)[Si](C)(C)OC(C=O)[C@@H]1CC[C@H]1CN1CC2(CCCc3cc(Cl)ccc32)COc2ccc(C(=O)O)cc21. The van der Waals surface area contributed by atoms with Crippen LogP contribution in [0.25, 0.3) is 0 Å². The summed E-state index contributed by atoms with van der Waals surface area (Å²) in [7, 11) is -2.12. The summed E-state index contributed by atoms with van der Waals surface area (Å²) in [6.45, 7) is 13.0. The van der Waals surface area contributed by atoms with Crippen molar-refractivity contribution >= 4 is 37.9 Å². The summed E-state index contributed by atoms with van der Waals surface area (Å²) >= 11 is 6.38. The minimum atomic E-state index is -2.12. The first kappa shape index (κ1) is 29.1. The highest BCUT2D eigenvalue weighted by molar-refractivity contribution is 6.74. The van der Waals surface area contributed by atoms with E-state index in [0.29, 0.717) is 12.4 Å². The first-order valence-corrected chi connectivity index (χ1v) is 17.8. The number of rotatable bonds is 7. The lowest BCUT2D eigenvalue weighted by atomic mass is 9.68. The Morgan fingerprint density at radius 1 is 1.25 bits per heavy atom. The number of carbonyl (C=O) groups excluding carboxylic acids is 1. The molecule has 1 aliphatic heterocycles. The zero-order chi connectivity index (χ0) is 28.9. The van der Waals surface area contributed by atoms with Crippen LogP contribution in [0, 0.1) is 11.8 Å². The summed E-state index contributed by atoms with van der Waals surface area (Å²) in [6.07, 6.45) is 5.59. The smallest absolute Gasteiger partial charge is 0.335 e. The second kappa shape index (κ2) is 10.8. The molecule has 40 heavy (non-hydrogen) atoms. The molecule has 0 amide bonds. The van der Waals surface area contributed by atoms with Gasteiger partial charge in [0.15, 0.2) is 8.32 Å². The van der Waals surface area contributed by atoms with E-state index in [9.17, 15) is 14.7 Å². The minimum Gasteiger partial charge on any atom is -0.490 e. The van der Waals surface area contributed by atoms with E-state index < -0.39 is 20.4 Å². The standard InChI is InChI=1S/C32H42ClNO5Si/c1-31(2,3)40(4,5)39-29(18-35)25-11-8-23(25)17-34-19-32(14-6-7-21-15-24(33)10-12-26(21)32)20-38-28-13-9-22(30(36)37)16-27(28)34/h9-10,12-13,15-16,18,23,25,29H,6-8,11,14,17,19-20H2,1-5H3,(H,36,37)/t23-,25+,29?,32?/m0/s1. The van der Waals surface area contributed by atoms with Crippen LogP contribution in [0.1, 0.15) is 67.9 Å². The average Bonchev–Trinajstić information content (AvgIpc) is 3.02. The van der Waals surface area contributed by atoms with Crippen LogP contribution in [0.4, 0.5) is 5.69 Å². The third-order valence-electron chi connectivity index (χ3n) is 10.0. The van der Waals surface area contributed by atoms with Crippen LogP contribution < -0.4 is 9.64 Å². The van der Waals surface area contributed by atoms with Gasteiger partial charge in [0, 0.05) is 23.5 Å². The normalized spacial score (nSPS) is 25.2. The van der Waals surface area contributed by atoms with Gasteiger partial charge in [-0.25, -0.2) is 4.79 Å². The molecule has 1 saturated carbocycles. The Bertz CT molecular complexity index is 1290. The van der Waals surface area contributed by atoms with Crippen molar-refractivity contribution in [3.8, 4) is 5.75 Å². The van der Waals surface area contributed by atoms with E-state index in [0.717, 1.165) is 62.2 Å².